The monoisotopic (exact) mass is 435 g/mol. The summed E-state index contributed by atoms with van der Waals surface area (Å²) in [5, 5.41) is 0.565. The molecular formula is C18H11BrClNOS2. The lowest BCUT2D eigenvalue weighted by Gasteiger charge is -2.14. The number of thioether (sulfide) groups is 1. The van der Waals surface area contributed by atoms with E-state index in [1.807, 2.05) is 42.5 Å². The van der Waals surface area contributed by atoms with Crippen molar-refractivity contribution >= 4 is 73.5 Å². The lowest BCUT2D eigenvalue weighted by molar-refractivity contribution is -0.113. The predicted octanol–water partition coefficient (Wildman–Crippen LogP) is 6.02. The van der Waals surface area contributed by atoms with Crippen LogP contribution >= 0.6 is 51.5 Å². The van der Waals surface area contributed by atoms with Gasteiger partial charge in [0, 0.05) is 9.51 Å². The van der Waals surface area contributed by atoms with Crippen LogP contribution in [0.3, 0.4) is 0 Å². The van der Waals surface area contributed by atoms with Crippen LogP contribution in [-0.2, 0) is 4.79 Å². The molecule has 3 rings (SSSR count). The second-order valence-corrected chi connectivity index (χ2v) is 7.96. The van der Waals surface area contributed by atoms with E-state index in [0.29, 0.717) is 19.9 Å². The maximum absolute atomic E-state index is 12.7. The summed E-state index contributed by atoms with van der Waals surface area (Å²) in [4.78, 5) is 14.7. The molecule has 1 saturated heterocycles. The Morgan fingerprint density at radius 1 is 1.17 bits per heavy atom. The molecule has 1 amide bonds. The Morgan fingerprint density at radius 2 is 1.92 bits per heavy atom. The molecule has 2 nitrogen and oxygen atoms in total. The van der Waals surface area contributed by atoms with Crippen LogP contribution in [0, 0.1) is 0 Å². The minimum Gasteiger partial charge on any atom is -0.268 e. The van der Waals surface area contributed by atoms with Crippen LogP contribution in [-0.4, -0.2) is 10.2 Å². The summed E-state index contributed by atoms with van der Waals surface area (Å²) in [5.74, 6) is -0.148. The first kappa shape index (κ1) is 17.4. The molecule has 6 heteroatoms. The largest absolute Gasteiger partial charge is 0.270 e. The van der Waals surface area contributed by atoms with Crippen LogP contribution in [0.15, 0.2) is 70.1 Å². The van der Waals surface area contributed by atoms with Gasteiger partial charge in [0.15, 0.2) is 4.32 Å². The number of carbonyl (C=O) groups is 1. The molecule has 2 aromatic carbocycles. The standard InChI is InChI=1S/C18H11BrClNOS2/c19-13(9-12-5-2-1-3-6-12)10-16-17(22)21(18(23)24-16)15-8-4-7-14(20)11-15/h1-11H/b13-9-,16-10-. The fourth-order valence-electron chi connectivity index (χ4n) is 2.18. The zero-order valence-corrected chi connectivity index (χ0v) is 16.3. The summed E-state index contributed by atoms with van der Waals surface area (Å²) in [6.07, 6.45) is 3.74. The molecular weight excluding hydrogens is 426 g/mol. The molecule has 0 N–H and O–H groups in total. The van der Waals surface area contributed by atoms with Crippen molar-refractivity contribution in [3.8, 4) is 0 Å². The minimum atomic E-state index is -0.148. The zero-order chi connectivity index (χ0) is 17.1. The molecule has 1 heterocycles. The average Bonchev–Trinajstić information content (AvgIpc) is 2.82. The second kappa shape index (κ2) is 7.66. The number of hydrogen-bond acceptors (Lipinski definition) is 3. The highest BCUT2D eigenvalue weighted by Crippen LogP contribution is 2.36. The number of rotatable bonds is 3. The zero-order valence-electron chi connectivity index (χ0n) is 12.3. The van der Waals surface area contributed by atoms with E-state index in [2.05, 4.69) is 15.9 Å². The number of halogens is 2. The van der Waals surface area contributed by atoms with E-state index in [1.165, 1.54) is 16.7 Å². The van der Waals surface area contributed by atoms with Gasteiger partial charge in [-0.2, -0.15) is 0 Å². The van der Waals surface area contributed by atoms with Crippen molar-refractivity contribution in [1.82, 2.24) is 0 Å². The molecule has 1 aliphatic rings. The SMILES string of the molecule is O=C1/C(=C/C(Br)=C/c2ccccc2)SC(=S)N1c1cccc(Cl)c1. The number of thiocarbonyl (C=S) groups is 1. The van der Waals surface area contributed by atoms with Crippen molar-refractivity contribution in [2.75, 3.05) is 4.90 Å². The molecule has 1 fully saturated rings. The van der Waals surface area contributed by atoms with Gasteiger partial charge in [0.25, 0.3) is 5.91 Å². The van der Waals surface area contributed by atoms with E-state index in [0.717, 1.165) is 10.0 Å². The molecule has 0 radical (unpaired) electrons. The Hall–Kier alpha value is -1.40. The summed E-state index contributed by atoms with van der Waals surface area (Å²) in [7, 11) is 0. The maximum atomic E-state index is 12.7. The highest BCUT2D eigenvalue weighted by atomic mass is 79.9. The maximum Gasteiger partial charge on any atom is 0.270 e. The van der Waals surface area contributed by atoms with Crippen molar-refractivity contribution in [3.05, 3.63) is 80.6 Å². The third-order valence-corrected chi connectivity index (χ3v) is 5.23. The Bertz CT molecular complexity index is 864. The van der Waals surface area contributed by atoms with Gasteiger partial charge in [0.1, 0.15) is 0 Å². The molecule has 0 spiro atoms. The molecule has 0 saturated carbocycles. The van der Waals surface area contributed by atoms with Gasteiger partial charge in [-0.25, -0.2) is 0 Å². The number of anilines is 1. The quantitative estimate of drug-likeness (QED) is 0.433. The third kappa shape index (κ3) is 3.98. The van der Waals surface area contributed by atoms with Crippen molar-refractivity contribution in [2.45, 2.75) is 0 Å². The summed E-state index contributed by atoms with van der Waals surface area (Å²) in [6.45, 7) is 0. The number of carbonyl (C=O) groups excluding carboxylic acids is 1. The molecule has 0 unspecified atom stereocenters. The van der Waals surface area contributed by atoms with Crippen LogP contribution in [0.25, 0.3) is 6.08 Å². The highest BCUT2D eigenvalue weighted by Gasteiger charge is 2.33. The number of nitrogens with zero attached hydrogens (tertiary/aromatic N) is 1. The molecule has 120 valence electrons. The minimum absolute atomic E-state index is 0.148. The van der Waals surface area contributed by atoms with E-state index in [9.17, 15) is 4.79 Å². The number of amides is 1. The van der Waals surface area contributed by atoms with Crippen molar-refractivity contribution in [3.63, 3.8) is 0 Å². The van der Waals surface area contributed by atoms with E-state index in [-0.39, 0.29) is 5.91 Å². The summed E-state index contributed by atoms with van der Waals surface area (Å²) >= 11 is 16.1. The van der Waals surface area contributed by atoms with Crippen LogP contribution in [0.1, 0.15) is 5.56 Å². The normalized spacial score (nSPS) is 17.0. The fraction of sp³-hybridized carbons (Fsp3) is 0. The smallest absolute Gasteiger partial charge is 0.268 e. The van der Waals surface area contributed by atoms with Gasteiger partial charge in [-0.3, -0.25) is 9.69 Å². The summed E-state index contributed by atoms with van der Waals surface area (Å²) in [6, 6.07) is 17.0. The van der Waals surface area contributed by atoms with E-state index in [4.69, 9.17) is 23.8 Å². The van der Waals surface area contributed by atoms with Crippen LogP contribution in [0.5, 0.6) is 0 Å². The molecule has 0 aliphatic carbocycles. The topological polar surface area (TPSA) is 20.3 Å². The van der Waals surface area contributed by atoms with Crippen LogP contribution in [0.2, 0.25) is 5.02 Å². The van der Waals surface area contributed by atoms with E-state index >= 15 is 0 Å². The van der Waals surface area contributed by atoms with Gasteiger partial charge in [0.05, 0.1) is 10.6 Å². The van der Waals surface area contributed by atoms with E-state index < -0.39 is 0 Å². The average molecular weight is 437 g/mol. The van der Waals surface area contributed by atoms with E-state index in [1.54, 1.807) is 24.3 Å². The van der Waals surface area contributed by atoms with Crippen LogP contribution in [0.4, 0.5) is 5.69 Å². The first-order valence-corrected chi connectivity index (χ1v) is 9.40. The molecule has 2 aromatic rings. The van der Waals surface area contributed by atoms with Gasteiger partial charge < -0.3 is 0 Å². The fourth-order valence-corrected chi connectivity index (χ4v) is 4.30. The Kier molecular flexibility index (Phi) is 5.56. The van der Waals surface area contributed by atoms with Crippen LogP contribution < -0.4 is 4.90 Å². The van der Waals surface area contributed by atoms with Crippen molar-refractivity contribution in [1.29, 1.82) is 0 Å². The Labute approximate surface area is 163 Å². The molecule has 1 aliphatic heterocycles. The van der Waals surface area contributed by atoms with Gasteiger partial charge >= 0.3 is 0 Å². The van der Waals surface area contributed by atoms with Crippen molar-refractivity contribution < 1.29 is 4.79 Å². The number of hydrogen-bond donors (Lipinski definition) is 0. The molecule has 0 aromatic heterocycles. The lowest BCUT2D eigenvalue weighted by Crippen LogP contribution is -2.27. The number of allylic oxidation sites excluding steroid dienone is 2. The van der Waals surface area contributed by atoms with Gasteiger partial charge in [-0.05, 0) is 35.9 Å². The molecule has 24 heavy (non-hydrogen) atoms. The second-order valence-electron chi connectivity index (χ2n) is 4.94. The first-order chi connectivity index (χ1) is 11.5. The van der Waals surface area contributed by atoms with Gasteiger partial charge in [-0.1, -0.05) is 87.9 Å². The van der Waals surface area contributed by atoms with Gasteiger partial charge in [-0.15, -0.1) is 0 Å². The third-order valence-electron chi connectivity index (χ3n) is 3.23. The predicted molar refractivity (Wildman–Crippen MR) is 111 cm³/mol. The number of benzene rings is 2. The lowest BCUT2D eigenvalue weighted by atomic mass is 10.2. The summed E-state index contributed by atoms with van der Waals surface area (Å²) < 4.78 is 1.30. The van der Waals surface area contributed by atoms with Crippen molar-refractivity contribution in [2.24, 2.45) is 0 Å². The highest BCUT2D eigenvalue weighted by molar-refractivity contribution is 9.12. The van der Waals surface area contributed by atoms with Gasteiger partial charge in [0.2, 0.25) is 0 Å². The molecule has 0 bridgehead atoms. The summed E-state index contributed by atoms with van der Waals surface area (Å²) in [5.41, 5.74) is 1.72. The first-order valence-electron chi connectivity index (χ1n) is 7.00. The Balaban J connectivity index is 1.87. The Morgan fingerprint density at radius 3 is 2.62 bits per heavy atom. The molecule has 0 atom stereocenters.